The molecule has 3 heteroatoms. The summed E-state index contributed by atoms with van der Waals surface area (Å²) in [6.45, 7) is 1.97. The molecule has 0 fully saturated rings. The zero-order valence-electron chi connectivity index (χ0n) is 10.9. The highest BCUT2D eigenvalue weighted by Crippen LogP contribution is 2.29. The van der Waals surface area contributed by atoms with Gasteiger partial charge in [0.2, 0.25) is 0 Å². The molecule has 0 saturated heterocycles. The standard InChI is InChI=1S/C16H15BrO2/c1-11(15-7-6-13(17)10-16(15)18)8-12-4-3-5-14(9-12)19-2/h3-10,18H,1-2H3. The maximum atomic E-state index is 9.95. The van der Waals surface area contributed by atoms with E-state index < -0.39 is 0 Å². The summed E-state index contributed by atoms with van der Waals surface area (Å²) in [4.78, 5) is 0. The Bertz CT molecular complexity index is 618. The molecule has 2 rings (SSSR count). The first kappa shape index (κ1) is 13.7. The molecule has 0 aliphatic carbocycles. The molecule has 98 valence electrons. The second kappa shape index (κ2) is 5.93. The van der Waals surface area contributed by atoms with Gasteiger partial charge in [-0.3, -0.25) is 0 Å². The smallest absolute Gasteiger partial charge is 0.124 e. The number of methoxy groups -OCH3 is 1. The van der Waals surface area contributed by atoms with Crippen LogP contribution in [0.25, 0.3) is 11.6 Å². The molecule has 0 bridgehead atoms. The molecule has 2 nitrogen and oxygen atoms in total. The van der Waals surface area contributed by atoms with Crippen molar-refractivity contribution < 1.29 is 9.84 Å². The van der Waals surface area contributed by atoms with E-state index in [0.29, 0.717) is 0 Å². The van der Waals surface area contributed by atoms with E-state index in [1.807, 2.05) is 49.4 Å². The summed E-state index contributed by atoms with van der Waals surface area (Å²) < 4.78 is 6.06. The fraction of sp³-hybridized carbons (Fsp3) is 0.125. The van der Waals surface area contributed by atoms with Crippen molar-refractivity contribution in [3.05, 3.63) is 58.1 Å². The van der Waals surface area contributed by atoms with Crippen LogP contribution < -0.4 is 4.74 Å². The van der Waals surface area contributed by atoms with E-state index in [1.54, 1.807) is 13.2 Å². The van der Waals surface area contributed by atoms with Gasteiger partial charge in [-0.05, 0) is 48.4 Å². The van der Waals surface area contributed by atoms with E-state index in [4.69, 9.17) is 4.74 Å². The number of benzene rings is 2. The zero-order chi connectivity index (χ0) is 13.8. The molecule has 0 saturated carbocycles. The monoisotopic (exact) mass is 318 g/mol. The van der Waals surface area contributed by atoms with Crippen molar-refractivity contribution >= 4 is 27.6 Å². The number of aromatic hydroxyl groups is 1. The molecule has 1 N–H and O–H groups in total. The first-order valence-electron chi connectivity index (χ1n) is 5.91. The SMILES string of the molecule is COc1cccc(C=C(C)c2ccc(Br)cc2O)c1. The van der Waals surface area contributed by atoms with Gasteiger partial charge in [0.05, 0.1) is 7.11 Å². The third-order valence-electron chi connectivity index (χ3n) is 2.86. The molecule has 0 aromatic heterocycles. The van der Waals surface area contributed by atoms with Crippen molar-refractivity contribution in [2.45, 2.75) is 6.92 Å². The Hall–Kier alpha value is -1.74. The molecule has 0 aliphatic heterocycles. The lowest BCUT2D eigenvalue weighted by Gasteiger charge is -2.06. The van der Waals surface area contributed by atoms with Crippen molar-refractivity contribution in [2.24, 2.45) is 0 Å². The predicted molar refractivity (Wildman–Crippen MR) is 82.3 cm³/mol. The van der Waals surface area contributed by atoms with Crippen LogP contribution >= 0.6 is 15.9 Å². The van der Waals surface area contributed by atoms with Crippen molar-refractivity contribution in [1.29, 1.82) is 0 Å². The second-order valence-electron chi connectivity index (χ2n) is 4.27. The number of rotatable bonds is 3. The van der Waals surface area contributed by atoms with Gasteiger partial charge >= 0.3 is 0 Å². The molecule has 0 aliphatic rings. The third-order valence-corrected chi connectivity index (χ3v) is 3.35. The molecule has 0 atom stereocenters. The minimum atomic E-state index is 0.269. The minimum absolute atomic E-state index is 0.269. The Kier molecular flexibility index (Phi) is 4.27. The van der Waals surface area contributed by atoms with Crippen LogP contribution in [0.15, 0.2) is 46.9 Å². The van der Waals surface area contributed by atoms with Gasteiger partial charge in [0.15, 0.2) is 0 Å². The van der Waals surface area contributed by atoms with Crippen molar-refractivity contribution in [3.63, 3.8) is 0 Å². The number of phenolic OH excluding ortho intramolecular Hbond substituents is 1. The van der Waals surface area contributed by atoms with Gasteiger partial charge in [0.25, 0.3) is 0 Å². The molecule has 0 unspecified atom stereocenters. The van der Waals surface area contributed by atoms with Crippen LogP contribution in [-0.2, 0) is 0 Å². The van der Waals surface area contributed by atoms with E-state index in [-0.39, 0.29) is 5.75 Å². The first-order valence-corrected chi connectivity index (χ1v) is 6.70. The molecule has 19 heavy (non-hydrogen) atoms. The average molecular weight is 319 g/mol. The largest absolute Gasteiger partial charge is 0.507 e. The van der Waals surface area contributed by atoms with Gasteiger partial charge in [-0.15, -0.1) is 0 Å². The zero-order valence-corrected chi connectivity index (χ0v) is 12.4. The Balaban J connectivity index is 2.36. The van der Waals surface area contributed by atoms with E-state index in [9.17, 15) is 5.11 Å². The number of ether oxygens (including phenoxy) is 1. The highest BCUT2D eigenvalue weighted by Gasteiger charge is 2.04. The molecule has 0 spiro atoms. The molecule has 0 heterocycles. The van der Waals surface area contributed by atoms with Crippen molar-refractivity contribution in [3.8, 4) is 11.5 Å². The fourth-order valence-electron chi connectivity index (χ4n) is 1.90. The summed E-state index contributed by atoms with van der Waals surface area (Å²) in [6.07, 6.45) is 2.02. The lowest BCUT2D eigenvalue weighted by molar-refractivity contribution is 0.414. The average Bonchev–Trinajstić information content (AvgIpc) is 2.38. The van der Waals surface area contributed by atoms with Crippen LogP contribution in [0.2, 0.25) is 0 Å². The molecule has 2 aromatic rings. The number of allylic oxidation sites excluding steroid dienone is 1. The van der Waals surface area contributed by atoms with Gasteiger partial charge in [0.1, 0.15) is 11.5 Å². The predicted octanol–water partition coefficient (Wildman–Crippen LogP) is 4.72. The molecular weight excluding hydrogens is 304 g/mol. The van der Waals surface area contributed by atoms with Crippen LogP contribution in [0.5, 0.6) is 11.5 Å². The van der Waals surface area contributed by atoms with Crippen LogP contribution in [-0.4, -0.2) is 12.2 Å². The van der Waals surface area contributed by atoms with Gasteiger partial charge in [-0.2, -0.15) is 0 Å². The van der Waals surface area contributed by atoms with Gasteiger partial charge in [-0.25, -0.2) is 0 Å². The van der Waals surface area contributed by atoms with Crippen LogP contribution in [0.1, 0.15) is 18.1 Å². The number of halogens is 1. The van der Waals surface area contributed by atoms with Gasteiger partial charge in [0, 0.05) is 10.0 Å². The van der Waals surface area contributed by atoms with E-state index in [2.05, 4.69) is 15.9 Å². The Morgan fingerprint density at radius 3 is 2.68 bits per heavy atom. The first-order chi connectivity index (χ1) is 9.10. The highest BCUT2D eigenvalue weighted by atomic mass is 79.9. The van der Waals surface area contributed by atoms with E-state index >= 15 is 0 Å². The lowest BCUT2D eigenvalue weighted by atomic mass is 10.0. The maximum absolute atomic E-state index is 9.95. The Morgan fingerprint density at radius 2 is 2.00 bits per heavy atom. The van der Waals surface area contributed by atoms with Crippen LogP contribution in [0.3, 0.4) is 0 Å². The second-order valence-corrected chi connectivity index (χ2v) is 5.18. The van der Waals surface area contributed by atoms with Gasteiger partial charge in [-0.1, -0.05) is 34.1 Å². The summed E-state index contributed by atoms with van der Waals surface area (Å²) >= 11 is 3.34. The summed E-state index contributed by atoms with van der Waals surface area (Å²) in [5, 5.41) is 9.95. The molecular formula is C16H15BrO2. The molecule has 2 aromatic carbocycles. The Labute approximate surface area is 121 Å². The van der Waals surface area contributed by atoms with E-state index in [0.717, 1.165) is 26.9 Å². The topological polar surface area (TPSA) is 29.5 Å². The third kappa shape index (κ3) is 3.38. The minimum Gasteiger partial charge on any atom is -0.507 e. The number of phenols is 1. The summed E-state index contributed by atoms with van der Waals surface area (Å²) in [5.74, 6) is 1.09. The number of hydrogen-bond acceptors (Lipinski definition) is 2. The van der Waals surface area contributed by atoms with E-state index in [1.165, 1.54) is 0 Å². The van der Waals surface area contributed by atoms with Crippen molar-refractivity contribution in [1.82, 2.24) is 0 Å². The quantitative estimate of drug-likeness (QED) is 0.829. The van der Waals surface area contributed by atoms with Crippen LogP contribution in [0.4, 0.5) is 0 Å². The highest BCUT2D eigenvalue weighted by molar-refractivity contribution is 9.10. The molecule has 0 radical (unpaired) electrons. The Morgan fingerprint density at radius 1 is 1.21 bits per heavy atom. The van der Waals surface area contributed by atoms with Crippen LogP contribution in [0, 0.1) is 0 Å². The lowest BCUT2D eigenvalue weighted by Crippen LogP contribution is -1.84. The molecule has 0 amide bonds. The van der Waals surface area contributed by atoms with Crippen molar-refractivity contribution in [2.75, 3.05) is 7.11 Å². The maximum Gasteiger partial charge on any atom is 0.124 e. The number of hydrogen-bond donors (Lipinski definition) is 1. The normalized spacial score (nSPS) is 11.4. The van der Waals surface area contributed by atoms with Gasteiger partial charge < -0.3 is 9.84 Å². The fourth-order valence-corrected chi connectivity index (χ4v) is 2.25. The summed E-state index contributed by atoms with van der Waals surface area (Å²) in [7, 11) is 1.65. The summed E-state index contributed by atoms with van der Waals surface area (Å²) in [5.41, 5.74) is 2.86. The summed E-state index contributed by atoms with van der Waals surface area (Å²) in [6, 6.07) is 13.3.